The van der Waals surface area contributed by atoms with Gasteiger partial charge >= 0.3 is 0 Å². The molecule has 0 saturated heterocycles. The number of imidazole rings is 1. The van der Waals surface area contributed by atoms with Gasteiger partial charge in [-0.15, -0.1) is 0 Å². The zero-order valence-corrected chi connectivity index (χ0v) is 24.1. The van der Waals surface area contributed by atoms with Crippen LogP contribution in [0.15, 0.2) is 164 Å². The van der Waals surface area contributed by atoms with Crippen molar-refractivity contribution in [3.8, 4) is 5.69 Å². The number of fused-ring (bicyclic) bond motifs is 4. The maximum Gasteiger partial charge on any atom is 0.138 e. The summed E-state index contributed by atoms with van der Waals surface area (Å²) in [6, 6.07) is 57.7. The van der Waals surface area contributed by atoms with Crippen molar-refractivity contribution in [3.63, 3.8) is 0 Å². The van der Waals surface area contributed by atoms with E-state index in [-0.39, 0.29) is 0 Å². The molecule has 3 nitrogen and oxygen atoms in total. The van der Waals surface area contributed by atoms with E-state index in [0.29, 0.717) is 0 Å². The van der Waals surface area contributed by atoms with E-state index in [0.717, 1.165) is 45.2 Å². The molecule has 44 heavy (non-hydrogen) atoms. The molecule has 0 radical (unpaired) electrons. The predicted molar refractivity (Wildman–Crippen MR) is 186 cm³/mol. The molecule has 0 unspecified atom stereocenters. The number of hydrogen-bond acceptors (Lipinski definition) is 2. The molecule has 3 heteroatoms. The van der Waals surface area contributed by atoms with Crippen molar-refractivity contribution in [2.45, 2.75) is 0 Å². The number of aromatic nitrogens is 2. The lowest BCUT2D eigenvalue weighted by atomic mass is 9.99. The van der Waals surface area contributed by atoms with Gasteiger partial charge in [-0.2, -0.15) is 0 Å². The molecular formula is C41H29N3. The van der Waals surface area contributed by atoms with Gasteiger partial charge in [-0.05, 0) is 82.4 Å². The summed E-state index contributed by atoms with van der Waals surface area (Å²) in [5.74, 6) is 0.898. The molecule has 0 spiro atoms. The molecular weight excluding hydrogens is 534 g/mol. The minimum atomic E-state index is 0.898. The molecule has 0 aliphatic carbocycles. The monoisotopic (exact) mass is 563 g/mol. The summed E-state index contributed by atoms with van der Waals surface area (Å²) >= 11 is 0. The van der Waals surface area contributed by atoms with Crippen molar-refractivity contribution in [2.24, 2.45) is 0 Å². The summed E-state index contributed by atoms with van der Waals surface area (Å²) in [7, 11) is 0. The van der Waals surface area contributed by atoms with Gasteiger partial charge in [0, 0.05) is 22.4 Å². The van der Waals surface area contributed by atoms with Crippen molar-refractivity contribution < 1.29 is 0 Å². The first kappa shape index (κ1) is 25.8. The van der Waals surface area contributed by atoms with Gasteiger partial charge in [0.2, 0.25) is 0 Å². The van der Waals surface area contributed by atoms with Gasteiger partial charge in [-0.1, -0.05) is 115 Å². The van der Waals surface area contributed by atoms with E-state index >= 15 is 0 Å². The Morgan fingerprint density at radius 1 is 0.500 bits per heavy atom. The molecule has 0 bridgehead atoms. The summed E-state index contributed by atoms with van der Waals surface area (Å²) in [4.78, 5) is 7.31. The zero-order chi connectivity index (χ0) is 29.3. The van der Waals surface area contributed by atoms with E-state index in [9.17, 15) is 0 Å². The van der Waals surface area contributed by atoms with E-state index in [1.807, 2.05) is 12.1 Å². The molecule has 0 N–H and O–H groups in total. The van der Waals surface area contributed by atoms with Crippen LogP contribution in [-0.2, 0) is 0 Å². The third kappa shape index (κ3) is 4.61. The Morgan fingerprint density at radius 3 is 1.91 bits per heavy atom. The van der Waals surface area contributed by atoms with Crippen LogP contribution >= 0.6 is 0 Å². The molecule has 0 saturated carbocycles. The highest BCUT2D eigenvalue weighted by Gasteiger charge is 2.17. The lowest BCUT2D eigenvalue weighted by Gasteiger charge is -2.27. The Morgan fingerprint density at radius 2 is 1.11 bits per heavy atom. The maximum absolute atomic E-state index is 4.95. The van der Waals surface area contributed by atoms with Gasteiger partial charge in [-0.25, -0.2) is 4.98 Å². The van der Waals surface area contributed by atoms with Crippen molar-refractivity contribution in [1.82, 2.24) is 9.55 Å². The number of hydrogen-bond donors (Lipinski definition) is 0. The fraction of sp³-hybridized carbons (Fsp3) is 0. The van der Waals surface area contributed by atoms with Crippen molar-refractivity contribution >= 4 is 61.8 Å². The van der Waals surface area contributed by atoms with Crippen LogP contribution in [0.4, 0.5) is 17.1 Å². The Hall–Kier alpha value is -5.93. The Bertz CT molecular complexity index is 2260. The molecule has 208 valence electrons. The molecule has 0 amide bonds. The van der Waals surface area contributed by atoms with E-state index in [1.165, 1.54) is 21.5 Å². The summed E-state index contributed by atoms with van der Waals surface area (Å²) in [5.41, 5.74) is 7.65. The fourth-order valence-electron chi connectivity index (χ4n) is 6.13. The van der Waals surface area contributed by atoms with Crippen LogP contribution in [0.25, 0.3) is 50.4 Å². The highest BCUT2D eigenvalue weighted by Crippen LogP contribution is 2.41. The summed E-state index contributed by atoms with van der Waals surface area (Å²) in [6.45, 7) is 0. The molecule has 1 heterocycles. The second kappa shape index (κ2) is 11.0. The van der Waals surface area contributed by atoms with E-state index in [2.05, 4.69) is 173 Å². The third-order valence-electron chi connectivity index (χ3n) is 8.18. The predicted octanol–water partition coefficient (Wildman–Crippen LogP) is 11.0. The molecule has 7 aromatic carbocycles. The first-order valence-corrected chi connectivity index (χ1v) is 14.9. The molecule has 8 rings (SSSR count). The first-order chi connectivity index (χ1) is 21.8. The van der Waals surface area contributed by atoms with Crippen molar-refractivity contribution in [1.29, 1.82) is 0 Å². The molecule has 0 aliphatic heterocycles. The van der Waals surface area contributed by atoms with Crippen LogP contribution in [0.5, 0.6) is 0 Å². The second-order valence-corrected chi connectivity index (χ2v) is 10.9. The van der Waals surface area contributed by atoms with Gasteiger partial charge in [0.15, 0.2) is 0 Å². The quantitative estimate of drug-likeness (QED) is 0.188. The highest BCUT2D eigenvalue weighted by atomic mass is 15.1. The minimum absolute atomic E-state index is 0.898. The number of rotatable bonds is 6. The Balaban J connectivity index is 1.21. The normalized spacial score (nSPS) is 11.5. The van der Waals surface area contributed by atoms with E-state index in [1.54, 1.807) is 0 Å². The van der Waals surface area contributed by atoms with Gasteiger partial charge < -0.3 is 4.90 Å². The van der Waals surface area contributed by atoms with Gasteiger partial charge in [-0.3, -0.25) is 4.57 Å². The van der Waals surface area contributed by atoms with Gasteiger partial charge in [0.25, 0.3) is 0 Å². The fourth-order valence-corrected chi connectivity index (χ4v) is 6.13. The van der Waals surface area contributed by atoms with Crippen molar-refractivity contribution in [2.75, 3.05) is 4.90 Å². The topological polar surface area (TPSA) is 21.1 Å². The Kier molecular flexibility index (Phi) is 6.47. The zero-order valence-electron chi connectivity index (χ0n) is 24.1. The number of para-hydroxylation sites is 4. The van der Waals surface area contributed by atoms with Gasteiger partial charge in [0.1, 0.15) is 5.82 Å². The molecule has 1 aromatic heterocycles. The minimum Gasteiger partial charge on any atom is -0.310 e. The largest absolute Gasteiger partial charge is 0.310 e. The Labute approximate surface area is 256 Å². The number of benzene rings is 7. The number of anilines is 3. The summed E-state index contributed by atoms with van der Waals surface area (Å²) in [6.07, 6.45) is 4.25. The van der Waals surface area contributed by atoms with Crippen LogP contribution in [0.3, 0.4) is 0 Å². The van der Waals surface area contributed by atoms with Crippen LogP contribution in [0.2, 0.25) is 0 Å². The second-order valence-electron chi connectivity index (χ2n) is 10.9. The van der Waals surface area contributed by atoms with Crippen LogP contribution in [-0.4, -0.2) is 9.55 Å². The maximum atomic E-state index is 4.95. The summed E-state index contributed by atoms with van der Waals surface area (Å²) in [5, 5.41) is 4.96. The third-order valence-corrected chi connectivity index (χ3v) is 8.18. The summed E-state index contributed by atoms with van der Waals surface area (Å²) < 4.78 is 2.21. The smallest absolute Gasteiger partial charge is 0.138 e. The SMILES string of the molecule is C(=C\c1nc2ccccc2n1-c1ccccc1)/c1ccc(N(c2ccccc2)c2cc3ccccc3c3ccccc23)cc1. The standard InChI is InChI=1S/C41H29N3/c1-3-14-32(15-4-1)43(40-29-31-13-7-8-18-35(31)36-19-9-10-20-37(36)40)34-26-23-30(24-27-34)25-28-41-42-38-21-11-12-22-39(38)44(41)33-16-5-2-6-17-33/h1-29H/b28-25+. The van der Waals surface area contributed by atoms with E-state index in [4.69, 9.17) is 4.98 Å². The van der Waals surface area contributed by atoms with Crippen LogP contribution in [0, 0.1) is 0 Å². The average molecular weight is 564 g/mol. The lowest BCUT2D eigenvalue weighted by Crippen LogP contribution is -2.10. The molecule has 0 atom stereocenters. The van der Waals surface area contributed by atoms with Gasteiger partial charge in [0.05, 0.1) is 16.7 Å². The lowest BCUT2D eigenvalue weighted by molar-refractivity contribution is 1.07. The molecule has 0 fully saturated rings. The van der Waals surface area contributed by atoms with Crippen LogP contribution < -0.4 is 4.90 Å². The number of nitrogens with zero attached hydrogens (tertiary/aromatic N) is 3. The highest BCUT2D eigenvalue weighted by molar-refractivity contribution is 6.14. The average Bonchev–Trinajstić information content (AvgIpc) is 3.47. The first-order valence-electron chi connectivity index (χ1n) is 14.9. The van der Waals surface area contributed by atoms with Crippen LogP contribution in [0.1, 0.15) is 11.4 Å². The molecule has 8 aromatic rings. The van der Waals surface area contributed by atoms with Crippen molar-refractivity contribution in [3.05, 3.63) is 175 Å². The molecule has 0 aliphatic rings. The van der Waals surface area contributed by atoms with E-state index < -0.39 is 0 Å².